The first kappa shape index (κ1) is 15.9. The maximum atomic E-state index is 14.2. The minimum Gasteiger partial charge on any atom is -0.356 e. The molecule has 25 heavy (non-hydrogen) atoms. The summed E-state index contributed by atoms with van der Waals surface area (Å²) in [6.07, 6.45) is 2.12. The van der Waals surface area contributed by atoms with Crippen molar-refractivity contribution in [2.24, 2.45) is 0 Å². The molecule has 8 heteroatoms. The number of nitrogens with zero attached hydrogens (tertiary/aromatic N) is 2. The van der Waals surface area contributed by atoms with E-state index in [4.69, 9.17) is 0 Å². The summed E-state index contributed by atoms with van der Waals surface area (Å²) in [6, 6.07) is 5.62. The van der Waals surface area contributed by atoms with E-state index in [0.29, 0.717) is 34.4 Å². The average Bonchev–Trinajstić information content (AvgIpc) is 3.00. The highest BCUT2D eigenvalue weighted by molar-refractivity contribution is 9.10. The summed E-state index contributed by atoms with van der Waals surface area (Å²) < 4.78 is 28.6. The van der Waals surface area contributed by atoms with Crippen molar-refractivity contribution in [3.63, 3.8) is 0 Å². The van der Waals surface area contributed by atoms with Crippen LogP contribution in [-0.2, 0) is 6.42 Å². The van der Waals surface area contributed by atoms with Crippen LogP contribution in [0.4, 0.5) is 8.78 Å². The summed E-state index contributed by atoms with van der Waals surface area (Å²) in [5.41, 5.74) is 2.14. The second-order valence-electron chi connectivity index (χ2n) is 5.59. The van der Waals surface area contributed by atoms with E-state index in [1.54, 1.807) is 12.1 Å². The van der Waals surface area contributed by atoms with Crippen molar-refractivity contribution in [3.8, 4) is 22.8 Å². The Balaban J connectivity index is 1.80. The van der Waals surface area contributed by atoms with Gasteiger partial charge >= 0.3 is 0 Å². The average molecular weight is 405 g/mol. The van der Waals surface area contributed by atoms with Crippen LogP contribution in [0.15, 0.2) is 34.9 Å². The minimum atomic E-state index is -0.755. The van der Waals surface area contributed by atoms with Crippen molar-refractivity contribution in [1.29, 1.82) is 0 Å². The second kappa shape index (κ2) is 6.03. The molecule has 1 amide bonds. The lowest BCUT2D eigenvalue weighted by molar-refractivity contribution is 0.0946. The number of carbonyl (C=O) groups is 1. The molecule has 3 aromatic rings. The van der Waals surface area contributed by atoms with E-state index < -0.39 is 11.6 Å². The molecule has 3 heterocycles. The van der Waals surface area contributed by atoms with Gasteiger partial charge in [0.2, 0.25) is 0 Å². The molecular weight excluding hydrogens is 394 g/mol. The zero-order valence-corrected chi connectivity index (χ0v) is 14.3. The third kappa shape index (κ3) is 2.82. The Hall–Kier alpha value is -2.61. The number of nitrogens with one attached hydrogen (secondary N) is 2. The van der Waals surface area contributed by atoms with Crippen molar-refractivity contribution in [2.75, 3.05) is 6.54 Å². The molecule has 0 spiro atoms. The third-order valence-electron chi connectivity index (χ3n) is 3.97. The van der Waals surface area contributed by atoms with E-state index in [1.807, 2.05) is 0 Å². The lowest BCUT2D eigenvalue weighted by Gasteiger charge is -2.10. The molecule has 1 aliphatic rings. The van der Waals surface area contributed by atoms with Gasteiger partial charge in [-0.3, -0.25) is 4.79 Å². The molecule has 4 rings (SSSR count). The molecule has 0 saturated carbocycles. The molecule has 0 unspecified atom stereocenters. The van der Waals surface area contributed by atoms with Crippen LogP contribution < -0.4 is 5.32 Å². The Morgan fingerprint density at radius 1 is 1.16 bits per heavy atom. The standard InChI is InChI=1S/C17H11BrF2N4O/c18-8-5-10(19)15(11(20)6-8)16-21-3-2-13(24-16)14-7-9-12(23-14)1-4-22-17(9)25/h2-3,5-7,23H,1,4H2,(H,22,25). The topological polar surface area (TPSA) is 70.7 Å². The molecule has 1 aromatic carbocycles. The molecule has 126 valence electrons. The van der Waals surface area contributed by atoms with Crippen molar-refractivity contribution in [1.82, 2.24) is 20.3 Å². The number of hydrogen-bond donors (Lipinski definition) is 2. The number of aromatic nitrogens is 3. The number of carbonyl (C=O) groups excluding carboxylic acids is 1. The zero-order valence-electron chi connectivity index (χ0n) is 12.7. The van der Waals surface area contributed by atoms with Crippen molar-refractivity contribution in [2.45, 2.75) is 6.42 Å². The Kier molecular flexibility index (Phi) is 3.84. The van der Waals surface area contributed by atoms with E-state index in [2.05, 4.69) is 36.2 Å². The monoisotopic (exact) mass is 404 g/mol. The maximum Gasteiger partial charge on any atom is 0.253 e. The molecule has 2 N–H and O–H groups in total. The normalized spacial score (nSPS) is 13.5. The highest BCUT2D eigenvalue weighted by atomic mass is 79.9. The molecule has 1 aliphatic heterocycles. The van der Waals surface area contributed by atoms with Crippen LogP contribution >= 0.6 is 15.9 Å². The number of rotatable bonds is 2. The smallest absolute Gasteiger partial charge is 0.253 e. The Bertz CT molecular complexity index is 979. The Labute approximate surface area is 149 Å². The number of benzene rings is 1. The van der Waals surface area contributed by atoms with Crippen molar-refractivity contribution < 1.29 is 13.6 Å². The molecular formula is C17H11BrF2N4O. The van der Waals surface area contributed by atoms with Gasteiger partial charge in [0.1, 0.15) is 11.6 Å². The zero-order chi connectivity index (χ0) is 17.6. The SMILES string of the molecule is O=C1NCCc2[nH]c(-c3ccnc(-c4c(F)cc(Br)cc4F)n3)cc21. The van der Waals surface area contributed by atoms with Gasteiger partial charge in [0.25, 0.3) is 5.91 Å². The van der Waals surface area contributed by atoms with E-state index in [9.17, 15) is 13.6 Å². The van der Waals surface area contributed by atoms with Crippen LogP contribution in [0.3, 0.4) is 0 Å². The largest absolute Gasteiger partial charge is 0.356 e. The molecule has 0 aliphatic carbocycles. The molecule has 0 atom stereocenters. The van der Waals surface area contributed by atoms with Gasteiger partial charge in [-0.1, -0.05) is 15.9 Å². The lowest BCUT2D eigenvalue weighted by atomic mass is 10.1. The van der Waals surface area contributed by atoms with E-state index >= 15 is 0 Å². The van der Waals surface area contributed by atoms with Gasteiger partial charge in [-0.2, -0.15) is 0 Å². The van der Waals surface area contributed by atoms with Crippen LogP contribution in [-0.4, -0.2) is 27.4 Å². The van der Waals surface area contributed by atoms with Crippen molar-refractivity contribution >= 4 is 21.8 Å². The van der Waals surface area contributed by atoms with Crippen LogP contribution in [0, 0.1) is 11.6 Å². The molecule has 0 radical (unpaired) electrons. The number of H-pyrrole nitrogens is 1. The van der Waals surface area contributed by atoms with Crippen molar-refractivity contribution in [3.05, 3.63) is 57.8 Å². The van der Waals surface area contributed by atoms with Gasteiger partial charge < -0.3 is 10.3 Å². The van der Waals surface area contributed by atoms with Gasteiger partial charge in [-0.15, -0.1) is 0 Å². The van der Waals surface area contributed by atoms with E-state index in [0.717, 1.165) is 17.8 Å². The molecule has 0 saturated heterocycles. The van der Waals surface area contributed by atoms with Gasteiger partial charge in [0.05, 0.1) is 22.5 Å². The fourth-order valence-corrected chi connectivity index (χ4v) is 3.22. The first-order chi connectivity index (χ1) is 12.0. The summed E-state index contributed by atoms with van der Waals surface area (Å²) >= 11 is 3.05. The fourth-order valence-electron chi connectivity index (χ4n) is 2.82. The van der Waals surface area contributed by atoms with Crippen LogP contribution in [0.2, 0.25) is 0 Å². The van der Waals surface area contributed by atoms with E-state index in [-0.39, 0.29) is 17.3 Å². The van der Waals surface area contributed by atoms with Gasteiger partial charge in [-0.25, -0.2) is 18.7 Å². The first-order valence-corrected chi connectivity index (χ1v) is 8.30. The number of fused-ring (bicyclic) bond motifs is 1. The first-order valence-electron chi connectivity index (χ1n) is 7.51. The summed E-state index contributed by atoms with van der Waals surface area (Å²) in [4.78, 5) is 23.3. The number of aromatic amines is 1. The fraction of sp³-hybridized carbons (Fsp3) is 0.118. The highest BCUT2D eigenvalue weighted by Gasteiger charge is 2.21. The summed E-state index contributed by atoms with van der Waals surface area (Å²) in [5, 5.41) is 2.77. The molecule has 5 nitrogen and oxygen atoms in total. The number of hydrogen-bond acceptors (Lipinski definition) is 3. The van der Waals surface area contributed by atoms with Crippen LogP contribution in [0.5, 0.6) is 0 Å². The van der Waals surface area contributed by atoms with Gasteiger partial charge in [0, 0.05) is 29.3 Å². The molecule has 2 aromatic heterocycles. The van der Waals surface area contributed by atoms with Gasteiger partial charge in [0.15, 0.2) is 5.82 Å². The maximum absolute atomic E-state index is 14.2. The second-order valence-corrected chi connectivity index (χ2v) is 6.51. The third-order valence-corrected chi connectivity index (χ3v) is 4.42. The van der Waals surface area contributed by atoms with Crippen LogP contribution in [0.1, 0.15) is 16.1 Å². The molecule has 0 fully saturated rings. The Morgan fingerprint density at radius 2 is 1.92 bits per heavy atom. The predicted octanol–water partition coefficient (Wildman–Crippen LogP) is 3.47. The lowest BCUT2D eigenvalue weighted by Crippen LogP contribution is -2.31. The van der Waals surface area contributed by atoms with Crippen LogP contribution in [0.25, 0.3) is 22.8 Å². The minimum absolute atomic E-state index is 0.0583. The number of amides is 1. The summed E-state index contributed by atoms with van der Waals surface area (Å²) in [7, 11) is 0. The van der Waals surface area contributed by atoms with Gasteiger partial charge in [-0.05, 0) is 24.3 Å². The quantitative estimate of drug-likeness (QED) is 0.686. The number of halogens is 3. The summed E-state index contributed by atoms with van der Waals surface area (Å²) in [6.45, 7) is 0.566. The highest BCUT2D eigenvalue weighted by Crippen LogP contribution is 2.29. The van der Waals surface area contributed by atoms with E-state index in [1.165, 1.54) is 6.20 Å². The summed E-state index contributed by atoms with van der Waals surface area (Å²) in [5.74, 6) is -1.72. The Morgan fingerprint density at radius 3 is 2.64 bits per heavy atom. The molecule has 0 bridgehead atoms. The predicted molar refractivity (Wildman–Crippen MR) is 90.9 cm³/mol.